The zero-order chi connectivity index (χ0) is 28.1. The van der Waals surface area contributed by atoms with E-state index >= 15 is 0 Å². The van der Waals surface area contributed by atoms with Crippen LogP contribution in [0.1, 0.15) is 0 Å². The van der Waals surface area contributed by atoms with Crippen LogP contribution in [-0.2, 0) is 10.1 Å². The number of phenols is 1. The van der Waals surface area contributed by atoms with E-state index in [2.05, 4.69) is 30.9 Å². The number of phenolic OH excluding ortho intramolecular Hbond substituents is 1. The molecule has 5 rings (SSSR count). The highest BCUT2D eigenvalue weighted by molar-refractivity contribution is 7.86. The SMILES string of the molecule is N=Nc1ccc(N=Nc2ccc(N=Nc3c(S(=O)(=O)O)cc4cc(Nc5ccccc5)ccc4c3O)cc2)cc1. The number of anilines is 2. The molecule has 4 N–H and O–H groups in total. The van der Waals surface area contributed by atoms with Crippen molar-refractivity contribution >= 4 is 60.7 Å². The van der Waals surface area contributed by atoms with Crippen molar-refractivity contribution in [3.05, 3.63) is 103 Å². The number of hydrogen-bond acceptors (Lipinski definition) is 10. The smallest absolute Gasteiger partial charge is 0.296 e. The number of aromatic hydroxyl groups is 1. The summed E-state index contributed by atoms with van der Waals surface area (Å²) in [7, 11) is -4.75. The Kier molecular flexibility index (Phi) is 7.35. The molecule has 11 nitrogen and oxygen atoms in total. The van der Waals surface area contributed by atoms with E-state index in [1.165, 1.54) is 6.07 Å². The molecule has 5 aromatic rings. The second-order valence-electron chi connectivity index (χ2n) is 8.52. The van der Waals surface area contributed by atoms with Crippen molar-refractivity contribution in [1.82, 2.24) is 0 Å². The highest BCUT2D eigenvalue weighted by Crippen LogP contribution is 2.42. The molecule has 40 heavy (non-hydrogen) atoms. The van der Waals surface area contributed by atoms with Crippen molar-refractivity contribution in [2.24, 2.45) is 25.6 Å². The first-order valence-electron chi connectivity index (χ1n) is 11.8. The topological polar surface area (TPSA) is 172 Å². The Morgan fingerprint density at radius 2 is 1.20 bits per heavy atom. The van der Waals surface area contributed by atoms with Crippen molar-refractivity contribution in [2.75, 3.05) is 5.32 Å². The molecule has 0 saturated heterocycles. The Hall–Kier alpha value is -5.33. The lowest BCUT2D eigenvalue weighted by molar-refractivity contribution is 0.472. The number of nitrogens with zero attached hydrogens (tertiary/aromatic N) is 5. The standard InChI is InChI=1S/C28H21N7O4S/c29-31-20-6-8-21(9-7-20)32-33-22-10-12-23(13-11-22)34-35-27-26(40(37,38)39)17-18-16-24(14-15-25(18)28(27)36)30-19-4-2-1-3-5-19/h1-17,29-30,36H,(H,37,38,39). The van der Waals surface area contributed by atoms with Crippen molar-refractivity contribution in [3.8, 4) is 5.75 Å². The molecule has 0 fully saturated rings. The molecule has 0 amide bonds. The first kappa shape index (κ1) is 26.3. The molecular weight excluding hydrogens is 530 g/mol. The summed E-state index contributed by atoms with van der Waals surface area (Å²) in [5, 5.41) is 34.4. The molecule has 0 heterocycles. The molecule has 198 valence electrons. The predicted octanol–water partition coefficient (Wildman–Crippen LogP) is 9.03. The van der Waals surface area contributed by atoms with Gasteiger partial charge < -0.3 is 10.4 Å². The summed E-state index contributed by atoms with van der Waals surface area (Å²) in [6, 6.07) is 28.7. The van der Waals surface area contributed by atoms with Gasteiger partial charge in [0.2, 0.25) is 0 Å². The van der Waals surface area contributed by atoms with Gasteiger partial charge in [-0.15, -0.1) is 5.11 Å². The zero-order valence-corrected chi connectivity index (χ0v) is 21.5. The summed E-state index contributed by atoms with van der Waals surface area (Å²) >= 11 is 0. The van der Waals surface area contributed by atoms with E-state index in [0.717, 1.165) is 5.69 Å². The van der Waals surface area contributed by atoms with Crippen LogP contribution in [0.25, 0.3) is 10.8 Å². The second kappa shape index (κ2) is 11.2. The number of benzene rings is 5. The largest absolute Gasteiger partial charge is 0.505 e. The maximum absolute atomic E-state index is 12.2. The Balaban J connectivity index is 1.42. The van der Waals surface area contributed by atoms with Crippen molar-refractivity contribution in [2.45, 2.75) is 4.90 Å². The molecule has 0 bridgehead atoms. The van der Waals surface area contributed by atoms with Gasteiger partial charge in [-0.1, -0.05) is 18.2 Å². The van der Waals surface area contributed by atoms with Gasteiger partial charge >= 0.3 is 0 Å². The molecule has 5 aromatic carbocycles. The molecule has 0 aliphatic heterocycles. The van der Waals surface area contributed by atoms with Gasteiger partial charge in [-0.25, -0.2) is 5.53 Å². The second-order valence-corrected chi connectivity index (χ2v) is 9.91. The summed E-state index contributed by atoms with van der Waals surface area (Å²) in [6.45, 7) is 0. The van der Waals surface area contributed by atoms with E-state index in [-0.39, 0.29) is 5.69 Å². The van der Waals surface area contributed by atoms with Gasteiger partial charge in [-0.05, 0) is 90.3 Å². The lowest BCUT2D eigenvalue weighted by atomic mass is 10.1. The van der Waals surface area contributed by atoms with Gasteiger partial charge in [0.1, 0.15) is 10.6 Å². The third-order valence-corrected chi connectivity index (χ3v) is 6.63. The van der Waals surface area contributed by atoms with E-state index in [1.807, 2.05) is 30.3 Å². The molecule has 0 aliphatic rings. The van der Waals surface area contributed by atoms with Gasteiger partial charge in [0.05, 0.1) is 22.7 Å². The van der Waals surface area contributed by atoms with Crippen LogP contribution < -0.4 is 5.32 Å². The normalized spacial score (nSPS) is 11.8. The van der Waals surface area contributed by atoms with E-state index in [4.69, 9.17) is 5.53 Å². The Bertz CT molecular complexity index is 1860. The average Bonchev–Trinajstić information content (AvgIpc) is 2.96. The zero-order valence-electron chi connectivity index (χ0n) is 20.7. The van der Waals surface area contributed by atoms with Crippen molar-refractivity contribution < 1.29 is 18.1 Å². The van der Waals surface area contributed by atoms with Crippen molar-refractivity contribution in [1.29, 1.82) is 5.53 Å². The van der Waals surface area contributed by atoms with E-state index in [1.54, 1.807) is 66.7 Å². The van der Waals surface area contributed by atoms with Crippen LogP contribution in [0.4, 0.5) is 39.8 Å². The molecule has 0 atom stereocenters. The maximum atomic E-state index is 12.2. The molecule has 0 saturated carbocycles. The van der Waals surface area contributed by atoms with Gasteiger partial charge in [0.15, 0.2) is 5.75 Å². The van der Waals surface area contributed by atoms with Crippen LogP contribution in [0.5, 0.6) is 5.75 Å². The maximum Gasteiger partial charge on any atom is 0.296 e. The number of para-hydroxylation sites is 1. The Morgan fingerprint density at radius 1 is 0.650 bits per heavy atom. The minimum atomic E-state index is -4.75. The summed E-state index contributed by atoms with van der Waals surface area (Å²) in [5.41, 5.74) is 10.1. The van der Waals surface area contributed by atoms with Gasteiger partial charge in [-0.3, -0.25) is 4.55 Å². The molecule has 0 aromatic heterocycles. The number of hydrogen-bond donors (Lipinski definition) is 4. The van der Waals surface area contributed by atoms with E-state index in [0.29, 0.717) is 39.2 Å². The van der Waals surface area contributed by atoms with Crippen LogP contribution in [0, 0.1) is 5.53 Å². The predicted molar refractivity (Wildman–Crippen MR) is 151 cm³/mol. The third-order valence-electron chi connectivity index (χ3n) is 5.77. The first-order chi connectivity index (χ1) is 19.3. The van der Waals surface area contributed by atoms with Crippen LogP contribution in [-0.4, -0.2) is 18.1 Å². The molecule has 0 unspecified atom stereocenters. The summed E-state index contributed by atoms with van der Waals surface area (Å²) in [5.74, 6) is -0.435. The fourth-order valence-electron chi connectivity index (χ4n) is 3.81. The lowest BCUT2D eigenvalue weighted by Crippen LogP contribution is -1.99. The highest BCUT2D eigenvalue weighted by atomic mass is 32.2. The molecule has 0 spiro atoms. The molecule has 0 aliphatic carbocycles. The molecular formula is C28H21N7O4S. The number of azo groups is 2. The van der Waals surface area contributed by atoms with Crippen LogP contribution in [0.2, 0.25) is 0 Å². The Labute approximate surface area is 228 Å². The number of nitrogens with one attached hydrogen (secondary N) is 2. The first-order valence-corrected chi connectivity index (χ1v) is 13.2. The number of fused-ring (bicyclic) bond motifs is 1. The van der Waals surface area contributed by atoms with Crippen LogP contribution in [0.3, 0.4) is 0 Å². The van der Waals surface area contributed by atoms with Crippen LogP contribution >= 0.6 is 0 Å². The minimum Gasteiger partial charge on any atom is -0.505 e. The van der Waals surface area contributed by atoms with Crippen LogP contribution in [0.15, 0.2) is 134 Å². The lowest BCUT2D eigenvalue weighted by Gasteiger charge is -2.11. The summed E-state index contributed by atoms with van der Waals surface area (Å²) in [4.78, 5) is -0.576. The molecule has 0 radical (unpaired) electrons. The van der Waals surface area contributed by atoms with E-state index in [9.17, 15) is 18.1 Å². The quantitative estimate of drug-likeness (QED) is 0.111. The fourth-order valence-corrected chi connectivity index (χ4v) is 4.47. The van der Waals surface area contributed by atoms with Gasteiger partial charge in [-0.2, -0.15) is 28.9 Å². The average molecular weight is 552 g/mol. The fraction of sp³-hybridized carbons (Fsp3) is 0. The summed E-state index contributed by atoms with van der Waals surface area (Å²) < 4.78 is 34.3. The highest BCUT2D eigenvalue weighted by Gasteiger charge is 2.22. The molecule has 12 heteroatoms. The van der Waals surface area contributed by atoms with Crippen molar-refractivity contribution in [3.63, 3.8) is 0 Å². The summed E-state index contributed by atoms with van der Waals surface area (Å²) in [6.07, 6.45) is 0. The van der Waals surface area contributed by atoms with Gasteiger partial charge in [0.25, 0.3) is 10.1 Å². The van der Waals surface area contributed by atoms with Gasteiger partial charge in [0, 0.05) is 16.8 Å². The minimum absolute atomic E-state index is 0.333. The van der Waals surface area contributed by atoms with E-state index < -0.39 is 20.8 Å². The monoisotopic (exact) mass is 551 g/mol. The number of rotatable bonds is 8. The third kappa shape index (κ3) is 6.04. The Morgan fingerprint density at radius 3 is 1.75 bits per heavy atom.